The fraction of sp³-hybridized carbons (Fsp3) is 0.610. The molecular formula is C41H63BrN2O5S. The van der Waals surface area contributed by atoms with Gasteiger partial charge in [0.25, 0.3) is 0 Å². The molecule has 0 saturated carbocycles. The van der Waals surface area contributed by atoms with Gasteiger partial charge in [-0.15, -0.1) is 0 Å². The monoisotopic (exact) mass is 774 g/mol. The maximum absolute atomic E-state index is 14.0. The summed E-state index contributed by atoms with van der Waals surface area (Å²) in [7, 11) is 2.79. The summed E-state index contributed by atoms with van der Waals surface area (Å²) < 4.78 is 34.1. The van der Waals surface area contributed by atoms with E-state index in [1.54, 1.807) is 24.3 Å². The summed E-state index contributed by atoms with van der Waals surface area (Å²) >= 11 is 0. The molecule has 3 atom stereocenters. The Hall–Kier alpha value is -2.49. The highest BCUT2D eigenvalue weighted by Gasteiger charge is 2.39. The van der Waals surface area contributed by atoms with E-state index in [0.717, 1.165) is 68.0 Å². The Balaban J connectivity index is 0.00000867. The highest BCUT2D eigenvalue weighted by Crippen LogP contribution is 2.31. The molecule has 2 aromatic rings. The average molecular weight is 776 g/mol. The fourth-order valence-corrected chi connectivity index (χ4v) is 8.09. The molecular weight excluding hydrogens is 712 g/mol. The lowest BCUT2D eigenvalue weighted by Crippen LogP contribution is -3.00. The number of benzene rings is 2. The molecule has 1 N–H and O–H groups in total. The number of aryl methyl sites for hydroxylation is 2. The number of alkyl carbamates (subject to hydrolysis) is 1. The predicted molar refractivity (Wildman–Crippen MR) is 201 cm³/mol. The van der Waals surface area contributed by atoms with Gasteiger partial charge >= 0.3 is 6.09 Å². The SMILES string of the molecule is CCCCCCc1ccc(C(=O)[C@@H]2C[C@H](S(=O)(=O)c3ccc(CCCCCC)cc3)C=C[C@@H]2NC(=O)OCCCCCC[N+](C)(C)C)cc1.[Br-]. The zero-order valence-electron chi connectivity index (χ0n) is 31.3. The lowest BCUT2D eigenvalue weighted by Gasteiger charge is -2.31. The quantitative estimate of drug-likeness (QED) is 0.0697. The number of ether oxygens (including phenoxy) is 1. The third-order valence-corrected chi connectivity index (χ3v) is 11.6. The number of hydrogen-bond donors (Lipinski definition) is 1. The van der Waals surface area contributed by atoms with Crippen molar-refractivity contribution in [2.45, 2.75) is 126 Å². The van der Waals surface area contributed by atoms with Crippen LogP contribution in [0, 0.1) is 5.92 Å². The van der Waals surface area contributed by atoms with Crippen LogP contribution in [0.1, 0.15) is 119 Å². The molecule has 0 bridgehead atoms. The van der Waals surface area contributed by atoms with Crippen molar-refractivity contribution in [2.75, 3.05) is 34.3 Å². The molecule has 50 heavy (non-hydrogen) atoms. The summed E-state index contributed by atoms with van der Waals surface area (Å²) in [4.78, 5) is 27.1. The third kappa shape index (κ3) is 15.0. The lowest BCUT2D eigenvalue weighted by atomic mass is 9.83. The van der Waals surface area contributed by atoms with Crippen LogP contribution in [-0.2, 0) is 27.4 Å². The fourth-order valence-electron chi connectivity index (χ4n) is 6.47. The van der Waals surface area contributed by atoms with E-state index in [1.165, 1.54) is 44.1 Å². The highest BCUT2D eigenvalue weighted by molar-refractivity contribution is 7.92. The molecule has 280 valence electrons. The van der Waals surface area contributed by atoms with Crippen molar-refractivity contribution in [1.82, 2.24) is 5.32 Å². The standard InChI is InChI=1S/C41H62N2O5S.BrH/c1-6-8-10-14-18-33-20-24-35(25-21-33)40(44)38-32-37(49(46,47)36-26-22-34(23-27-36)19-15-11-9-7-2)28-29-39(38)42-41(45)48-31-17-13-12-16-30-43(3,4)5;/h20-29,37-39H,6-19,30-32H2,1-5H3;1H/t37-,38-,39+;/m1./s1. The van der Waals surface area contributed by atoms with Gasteiger partial charge in [0.2, 0.25) is 0 Å². The highest BCUT2D eigenvalue weighted by atomic mass is 79.9. The second-order valence-electron chi connectivity index (χ2n) is 14.9. The Labute approximate surface area is 313 Å². The molecule has 0 aliphatic heterocycles. The number of rotatable bonds is 22. The lowest BCUT2D eigenvalue weighted by molar-refractivity contribution is -0.870. The number of ketones is 1. The summed E-state index contributed by atoms with van der Waals surface area (Å²) in [6.45, 7) is 5.79. The second-order valence-corrected chi connectivity index (χ2v) is 17.0. The molecule has 1 aliphatic rings. The molecule has 7 nitrogen and oxygen atoms in total. The average Bonchev–Trinajstić information content (AvgIpc) is 3.08. The zero-order valence-corrected chi connectivity index (χ0v) is 33.7. The molecule has 0 radical (unpaired) electrons. The Morgan fingerprint density at radius 2 is 1.28 bits per heavy atom. The number of carbonyl (C=O) groups is 2. The van der Waals surface area contributed by atoms with Crippen LogP contribution in [-0.4, -0.2) is 70.4 Å². The van der Waals surface area contributed by atoms with Crippen LogP contribution in [0.15, 0.2) is 65.6 Å². The maximum atomic E-state index is 14.0. The summed E-state index contributed by atoms with van der Waals surface area (Å²) in [5, 5.41) is 2.00. The summed E-state index contributed by atoms with van der Waals surface area (Å²) in [6.07, 6.45) is 18.0. The predicted octanol–water partition coefficient (Wildman–Crippen LogP) is 5.90. The molecule has 2 aromatic carbocycles. The summed E-state index contributed by atoms with van der Waals surface area (Å²) in [6, 6.07) is 14.2. The van der Waals surface area contributed by atoms with Crippen LogP contribution in [0.3, 0.4) is 0 Å². The van der Waals surface area contributed by atoms with Crippen LogP contribution in [0.5, 0.6) is 0 Å². The van der Waals surface area contributed by atoms with Crippen molar-refractivity contribution in [3.05, 3.63) is 77.4 Å². The molecule has 3 rings (SSSR count). The van der Waals surface area contributed by atoms with Crippen LogP contribution in [0.2, 0.25) is 0 Å². The minimum absolute atomic E-state index is 0. The molecule has 1 aliphatic carbocycles. The molecule has 0 heterocycles. The number of nitrogens with one attached hydrogen (secondary N) is 1. The van der Waals surface area contributed by atoms with Crippen LogP contribution >= 0.6 is 0 Å². The molecule has 0 aromatic heterocycles. The van der Waals surface area contributed by atoms with Gasteiger partial charge in [-0.25, -0.2) is 13.2 Å². The van der Waals surface area contributed by atoms with Crippen molar-refractivity contribution >= 4 is 21.7 Å². The Morgan fingerprint density at radius 1 is 0.740 bits per heavy atom. The van der Waals surface area contributed by atoms with E-state index in [2.05, 4.69) is 40.3 Å². The number of Topliss-reactive ketones (excluding diaryl/α,β-unsaturated/α-hetero) is 1. The van der Waals surface area contributed by atoms with Crippen molar-refractivity contribution in [2.24, 2.45) is 5.92 Å². The number of halogens is 1. The number of unbranched alkanes of at least 4 members (excludes halogenated alkanes) is 9. The first-order valence-corrected chi connectivity index (χ1v) is 20.4. The van der Waals surface area contributed by atoms with Gasteiger partial charge in [-0.1, -0.05) is 101 Å². The number of amides is 1. The number of hydrogen-bond acceptors (Lipinski definition) is 5. The van der Waals surface area contributed by atoms with Crippen molar-refractivity contribution in [1.29, 1.82) is 0 Å². The number of sulfone groups is 1. The normalized spacial score (nSPS) is 17.6. The van der Waals surface area contributed by atoms with Gasteiger partial charge in [0.15, 0.2) is 15.6 Å². The zero-order chi connectivity index (χ0) is 35.7. The van der Waals surface area contributed by atoms with Crippen molar-refractivity contribution in [3.8, 4) is 0 Å². The van der Waals surface area contributed by atoms with Gasteiger partial charge in [0.1, 0.15) is 0 Å². The molecule has 9 heteroatoms. The Morgan fingerprint density at radius 3 is 1.84 bits per heavy atom. The first kappa shape index (κ1) is 43.7. The summed E-state index contributed by atoms with van der Waals surface area (Å²) in [5.74, 6) is -0.923. The molecule has 0 fully saturated rings. The molecule has 0 saturated heterocycles. The van der Waals surface area contributed by atoms with Gasteiger partial charge in [-0.3, -0.25) is 4.79 Å². The van der Waals surface area contributed by atoms with E-state index in [1.807, 2.05) is 36.4 Å². The second kappa shape index (κ2) is 22.4. The first-order chi connectivity index (χ1) is 23.4. The van der Waals surface area contributed by atoms with Crippen molar-refractivity contribution in [3.63, 3.8) is 0 Å². The number of quaternary nitrogens is 1. The van der Waals surface area contributed by atoms with E-state index in [0.29, 0.717) is 12.2 Å². The van der Waals surface area contributed by atoms with Crippen LogP contribution in [0.25, 0.3) is 0 Å². The maximum Gasteiger partial charge on any atom is 0.407 e. The first-order valence-electron chi connectivity index (χ1n) is 18.8. The summed E-state index contributed by atoms with van der Waals surface area (Å²) in [5.41, 5.74) is 2.83. The van der Waals surface area contributed by atoms with E-state index >= 15 is 0 Å². The van der Waals surface area contributed by atoms with Crippen molar-refractivity contribution < 1.29 is 44.2 Å². The smallest absolute Gasteiger partial charge is 0.407 e. The van der Waals surface area contributed by atoms with Gasteiger partial charge in [-0.2, -0.15) is 0 Å². The molecule has 1 amide bonds. The Kier molecular flexibility index (Phi) is 19.6. The minimum Gasteiger partial charge on any atom is -1.00 e. The van der Waals surface area contributed by atoms with Gasteiger partial charge in [-0.05, 0) is 81.0 Å². The van der Waals surface area contributed by atoms with E-state index in [-0.39, 0.29) is 34.1 Å². The minimum atomic E-state index is -3.75. The van der Waals surface area contributed by atoms with Gasteiger partial charge < -0.3 is 31.5 Å². The number of nitrogens with zero attached hydrogens (tertiary/aromatic N) is 1. The van der Waals surface area contributed by atoms with Crippen LogP contribution in [0.4, 0.5) is 4.79 Å². The van der Waals surface area contributed by atoms with E-state index < -0.39 is 33.1 Å². The largest absolute Gasteiger partial charge is 1.00 e. The van der Waals surface area contributed by atoms with Crippen LogP contribution < -0.4 is 22.3 Å². The topological polar surface area (TPSA) is 89.5 Å². The van der Waals surface area contributed by atoms with Gasteiger partial charge in [0, 0.05) is 11.5 Å². The van der Waals surface area contributed by atoms with E-state index in [4.69, 9.17) is 4.74 Å². The Bertz CT molecular complexity index is 1420. The number of carbonyl (C=O) groups excluding carboxylic acids is 2. The molecule has 0 unspecified atom stereocenters. The van der Waals surface area contributed by atoms with E-state index in [9.17, 15) is 18.0 Å². The molecule has 0 spiro atoms. The third-order valence-electron chi connectivity index (χ3n) is 9.56. The van der Waals surface area contributed by atoms with Gasteiger partial charge in [0.05, 0.1) is 50.5 Å².